The van der Waals surface area contributed by atoms with Crippen LogP contribution in [0.4, 0.5) is 0 Å². The van der Waals surface area contributed by atoms with E-state index in [-0.39, 0.29) is 5.41 Å². The number of nitrogens with one attached hydrogen (secondary N) is 1. The van der Waals surface area contributed by atoms with Crippen molar-refractivity contribution in [3.8, 4) is 5.69 Å². The molecule has 0 aliphatic rings. The van der Waals surface area contributed by atoms with Crippen molar-refractivity contribution in [1.82, 2.24) is 25.5 Å². The van der Waals surface area contributed by atoms with Crippen LogP contribution >= 0.6 is 0 Å². The van der Waals surface area contributed by atoms with Crippen LogP contribution in [-0.4, -0.2) is 26.2 Å². The van der Waals surface area contributed by atoms with Crippen molar-refractivity contribution < 1.29 is 0 Å². The van der Waals surface area contributed by atoms with Gasteiger partial charge in [-0.25, -0.2) is 0 Å². The summed E-state index contributed by atoms with van der Waals surface area (Å²) in [6, 6.07) is 8.81. The highest BCUT2D eigenvalue weighted by atomic mass is 15.5. The van der Waals surface area contributed by atoms with E-state index in [2.05, 4.69) is 79.7 Å². The summed E-state index contributed by atoms with van der Waals surface area (Å²) in [6.45, 7) is 11.5. The number of nitrogens with zero attached hydrogens (tertiary/aromatic N) is 4. The maximum absolute atomic E-state index is 4.08. The van der Waals surface area contributed by atoms with Gasteiger partial charge >= 0.3 is 0 Å². The van der Waals surface area contributed by atoms with Gasteiger partial charge in [-0.2, -0.15) is 4.68 Å². The molecule has 0 amide bonds. The van der Waals surface area contributed by atoms with Crippen molar-refractivity contribution in [2.45, 2.75) is 52.6 Å². The SMILES string of the molecule is CC(C)NCc1nnnn1-c1ccc(C(C)(C)C)cc1. The smallest absolute Gasteiger partial charge is 0.170 e. The Kier molecular flexibility index (Phi) is 4.18. The number of benzene rings is 1. The molecule has 5 heteroatoms. The summed E-state index contributed by atoms with van der Waals surface area (Å²) < 4.78 is 1.78. The molecule has 0 radical (unpaired) electrons. The lowest BCUT2D eigenvalue weighted by Crippen LogP contribution is -2.24. The van der Waals surface area contributed by atoms with Crippen molar-refractivity contribution >= 4 is 0 Å². The molecule has 1 aromatic carbocycles. The molecule has 0 unspecified atom stereocenters. The summed E-state index contributed by atoms with van der Waals surface area (Å²) in [4.78, 5) is 0. The Labute approximate surface area is 120 Å². The molecule has 0 spiro atoms. The second kappa shape index (κ2) is 5.71. The fraction of sp³-hybridized carbons (Fsp3) is 0.533. The van der Waals surface area contributed by atoms with Gasteiger partial charge in [-0.15, -0.1) is 5.10 Å². The minimum absolute atomic E-state index is 0.154. The third kappa shape index (κ3) is 3.42. The Morgan fingerprint density at radius 1 is 1.15 bits per heavy atom. The topological polar surface area (TPSA) is 55.6 Å². The van der Waals surface area contributed by atoms with Gasteiger partial charge in [-0.05, 0) is 33.5 Å². The van der Waals surface area contributed by atoms with Gasteiger partial charge in [-0.3, -0.25) is 0 Å². The van der Waals surface area contributed by atoms with Crippen LogP contribution in [0, 0.1) is 0 Å². The largest absolute Gasteiger partial charge is 0.308 e. The second-order valence-corrected chi connectivity index (χ2v) is 6.34. The quantitative estimate of drug-likeness (QED) is 0.929. The van der Waals surface area contributed by atoms with Gasteiger partial charge in [-0.1, -0.05) is 46.8 Å². The first-order valence-electron chi connectivity index (χ1n) is 6.99. The van der Waals surface area contributed by atoms with Crippen LogP contribution < -0.4 is 5.32 Å². The van der Waals surface area contributed by atoms with E-state index in [0.717, 1.165) is 11.5 Å². The normalized spacial score (nSPS) is 12.1. The summed E-state index contributed by atoms with van der Waals surface area (Å²) in [5, 5.41) is 15.2. The Bertz CT molecular complexity index is 548. The highest BCUT2D eigenvalue weighted by Crippen LogP contribution is 2.23. The van der Waals surface area contributed by atoms with Crippen molar-refractivity contribution in [1.29, 1.82) is 0 Å². The molecule has 0 fully saturated rings. The summed E-state index contributed by atoms with van der Waals surface area (Å²) >= 11 is 0. The van der Waals surface area contributed by atoms with Gasteiger partial charge in [0.05, 0.1) is 12.2 Å². The molecule has 0 saturated carbocycles. The molecule has 0 saturated heterocycles. The zero-order valence-electron chi connectivity index (χ0n) is 12.9. The van der Waals surface area contributed by atoms with E-state index in [1.165, 1.54) is 5.56 Å². The maximum atomic E-state index is 4.08. The second-order valence-electron chi connectivity index (χ2n) is 6.34. The van der Waals surface area contributed by atoms with Crippen molar-refractivity contribution in [2.75, 3.05) is 0 Å². The molecule has 0 bridgehead atoms. The first kappa shape index (κ1) is 14.7. The standard InChI is InChI=1S/C15H23N5/c1-11(2)16-10-14-17-18-19-20(14)13-8-6-12(7-9-13)15(3,4)5/h6-9,11,16H,10H2,1-5H3. The fourth-order valence-electron chi connectivity index (χ4n) is 1.91. The number of tetrazole rings is 1. The van der Waals surface area contributed by atoms with Crippen LogP contribution in [0.25, 0.3) is 5.69 Å². The van der Waals surface area contributed by atoms with Crippen LogP contribution in [0.15, 0.2) is 24.3 Å². The first-order valence-corrected chi connectivity index (χ1v) is 6.99. The zero-order chi connectivity index (χ0) is 14.8. The lowest BCUT2D eigenvalue weighted by atomic mass is 9.87. The number of hydrogen-bond acceptors (Lipinski definition) is 4. The molecule has 2 rings (SSSR count). The van der Waals surface area contributed by atoms with Gasteiger partial charge in [0, 0.05) is 6.04 Å². The van der Waals surface area contributed by atoms with Crippen LogP contribution in [0.2, 0.25) is 0 Å². The van der Waals surface area contributed by atoms with Crippen molar-refractivity contribution in [3.05, 3.63) is 35.7 Å². The van der Waals surface area contributed by atoms with Crippen LogP contribution in [0.3, 0.4) is 0 Å². The molecule has 0 aliphatic heterocycles. The number of aromatic nitrogens is 4. The minimum Gasteiger partial charge on any atom is -0.308 e. The van der Waals surface area contributed by atoms with Gasteiger partial charge in [0.25, 0.3) is 0 Å². The highest BCUT2D eigenvalue weighted by molar-refractivity contribution is 5.36. The Morgan fingerprint density at radius 2 is 1.80 bits per heavy atom. The van der Waals surface area contributed by atoms with E-state index in [9.17, 15) is 0 Å². The molecule has 2 aromatic rings. The number of hydrogen-bond donors (Lipinski definition) is 1. The molecule has 1 N–H and O–H groups in total. The average molecular weight is 273 g/mol. The van der Waals surface area contributed by atoms with Gasteiger partial charge in [0.2, 0.25) is 0 Å². The molecule has 5 nitrogen and oxygen atoms in total. The first-order chi connectivity index (χ1) is 9.38. The Hall–Kier alpha value is -1.75. The lowest BCUT2D eigenvalue weighted by molar-refractivity contribution is 0.562. The van der Waals surface area contributed by atoms with Crippen molar-refractivity contribution in [3.63, 3.8) is 0 Å². The maximum Gasteiger partial charge on any atom is 0.170 e. The fourth-order valence-corrected chi connectivity index (χ4v) is 1.91. The van der Waals surface area contributed by atoms with E-state index >= 15 is 0 Å². The molecule has 108 valence electrons. The van der Waals surface area contributed by atoms with Gasteiger partial charge in [0.1, 0.15) is 0 Å². The Morgan fingerprint density at radius 3 is 2.35 bits per heavy atom. The summed E-state index contributed by atoms with van der Waals surface area (Å²) in [7, 11) is 0. The zero-order valence-corrected chi connectivity index (χ0v) is 12.9. The number of rotatable bonds is 4. The summed E-state index contributed by atoms with van der Waals surface area (Å²) in [5.74, 6) is 0.821. The van der Waals surface area contributed by atoms with E-state index in [1.807, 2.05) is 0 Å². The van der Waals surface area contributed by atoms with E-state index in [1.54, 1.807) is 4.68 Å². The van der Waals surface area contributed by atoms with Crippen LogP contribution in [-0.2, 0) is 12.0 Å². The monoisotopic (exact) mass is 273 g/mol. The Balaban J connectivity index is 2.22. The summed E-state index contributed by atoms with van der Waals surface area (Å²) in [6.07, 6.45) is 0. The molecule has 1 heterocycles. The minimum atomic E-state index is 0.154. The molecule has 0 atom stereocenters. The van der Waals surface area contributed by atoms with E-state index in [0.29, 0.717) is 12.6 Å². The predicted molar refractivity (Wildman–Crippen MR) is 79.8 cm³/mol. The predicted octanol–water partition coefficient (Wildman–Crippen LogP) is 2.46. The molecule has 1 aromatic heterocycles. The van der Waals surface area contributed by atoms with E-state index in [4.69, 9.17) is 0 Å². The highest BCUT2D eigenvalue weighted by Gasteiger charge is 2.14. The van der Waals surface area contributed by atoms with Gasteiger partial charge in [0.15, 0.2) is 5.82 Å². The molecular formula is C15H23N5. The molecular weight excluding hydrogens is 250 g/mol. The average Bonchev–Trinajstić information content (AvgIpc) is 2.83. The van der Waals surface area contributed by atoms with E-state index < -0.39 is 0 Å². The van der Waals surface area contributed by atoms with Crippen LogP contribution in [0.5, 0.6) is 0 Å². The van der Waals surface area contributed by atoms with Gasteiger partial charge < -0.3 is 5.32 Å². The van der Waals surface area contributed by atoms with Crippen molar-refractivity contribution in [2.24, 2.45) is 0 Å². The summed E-state index contributed by atoms with van der Waals surface area (Å²) in [5.41, 5.74) is 2.45. The third-order valence-corrected chi connectivity index (χ3v) is 3.18. The molecule has 0 aliphatic carbocycles. The molecule has 20 heavy (non-hydrogen) atoms. The third-order valence-electron chi connectivity index (χ3n) is 3.18. The lowest BCUT2D eigenvalue weighted by Gasteiger charge is -2.19. The van der Waals surface area contributed by atoms with Crippen LogP contribution in [0.1, 0.15) is 46.0 Å².